The minimum Gasteiger partial charge on any atom is -0.292 e. The summed E-state index contributed by atoms with van der Waals surface area (Å²) in [6, 6.07) is 0. The lowest BCUT2D eigenvalue weighted by molar-refractivity contribution is -0.123. The molecule has 0 aromatic rings. The van der Waals surface area contributed by atoms with Crippen LogP contribution in [0.1, 0.15) is 25.7 Å². The molecule has 3 unspecified atom stereocenters. The van der Waals surface area contributed by atoms with E-state index in [1.165, 1.54) is 6.42 Å². The molecule has 1 saturated carbocycles. The second kappa shape index (κ2) is 3.84. The lowest BCUT2D eigenvalue weighted by Crippen LogP contribution is -2.28. The van der Waals surface area contributed by atoms with E-state index in [1.54, 1.807) is 0 Å². The van der Waals surface area contributed by atoms with Crippen LogP contribution in [0.15, 0.2) is 17.3 Å². The highest BCUT2D eigenvalue weighted by Crippen LogP contribution is 2.39. The number of carbonyl (C=O) groups is 1. The van der Waals surface area contributed by atoms with E-state index >= 15 is 0 Å². The third-order valence-electron chi connectivity index (χ3n) is 3.21. The van der Waals surface area contributed by atoms with Crippen LogP contribution in [0.25, 0.3) is 10.4 Å². The summed E-state index contributed by atoms with van der Waals surface area (Å²) in [6.07, 6.45) is 8.47. The fourth-order valence-electron chi connectivity index (χ4n) is 2.63. The Morgan fingerprint density at radius 3 is 3.00 bits per heavy atom. The van der Waals surface area contributed by atoms with Crippen LogP contribution in [0.2, 0.25) is 0 Å². The standard InChI is InChI=1S/C10H13N3O/c11-13-12-10(14)9-5-7-2-1-3-8(4-7)6-9/h1-2,7-9H,3-6H2. The average Bonchev–Trinajstić information content (AvgIpc) is 2.17. The zero-order valence-electron chi connectivity index (χ0n) is 7.97. The van der Waals surface area contributed by atoms with Crippen molar-refractivity contribution in [2.75, 3.05) is 0 Å². The zero-order chi connectivity index (χ0) is 9.97. The fourth-order valence-corrected chi connectivity index (χ4v) is 2.63. The molecule has 4 nitrogen and oxygen atoms in total. The number of carbonyl (C=O) groups excluding carboxylic acids is 1. The Balaban J connectivity index is 2.06. The number of hydrogen-bond donors (Lipinski definition) is 0. The van der Waals surface area contributed by atoms with Gasteiger partial charge in [-0.1, -0.05) is 12.2 Å². The van der Waals surface area contributed by atoms with Crippen molar-refractivity contribution in [2.24, 2.45) is 22.9 Å². The summed E-state index contributed by atoms with van der Waals surface area (Å²) in [4.78, 5) is 13.9. The minimum absolute atomic E-state index is 0.0281. The first-order chi connectivity index (χ1) is 6.79. The molecule has 0 aliphatic heterocycles. The van der Waals surface area contributed by atoms with Crippen molar-refractivity contribution < 1.29 is 4.79 Å². The van der Waals surface area contributed by atoms with E-state index in [1.807, 2.05) is 0 Å². The number of allylic oxidation sites excluding steroid dienone is 2. The molecule has 0 aromatic carbocycles. The molecule has 0 heterocycles. The summed E-state index contributed by atoms with van der Waals surface area (Å²) < 4.78 is 0. The van der Waals surface area contributed by atoms with Gasteiger partial charge in [-0.3, -0.25) is 4.79 Å². The molecule has 1 amide bonds. The number of nitrogens with zero attached hydrogens (tertiary/aromatic N) is 3. The Hall–Kier alpha value is -1.28. The zero-order valence-corrected chi connectivity index (χ0v) is 7.97. The molecule has 0 aromatic heterocycles. The van der Waals surface area contributed by atoms with Gasteiger partial charge in [0.25, 0.3) is 0 Å². The second-order valence-electron chi connectivity index (χ2n) is 4.22. The van der Waals surface area contributed by atoms with Gasteiger partial charge in [0.15, 0.2) is 0 Å². The van der Waals surface area contributed by atoms with Gasteiger partial charge in [0.2, 0.25) is 5.91 Å². The lowest BCUT2D eigenvalue weighted by atomic mass is 9.71. The van der Waals surface area contributed by atoms with Crippen molar-refractivity contribution in [3.8, 4) is 0 Å². The largest absolute Gasteiger partial charge is 0.292 e. The molecule has 1 fully saturated rings. The van der Waals surface area contributed by atoms with Crippen molar-refractivity contribution >= 4 is 5.91 Å². The highest BCUT2D eigenvalue weighted by Gasteiger charge is 2.32. The normalized spacial score (nSPS) is 34.7. The van der Waals surface area contributed by atoms with E-state index in [9.17, 15) is 4.79 Å². The van der Waals surface area contributed by atoms with Crippen molar-refractivity contribution in [1.82, 2.24) is 0 Å². The quantitative estimate of drug-likeness (QED) is 0.272. The van der Waals surface area contributed by atoms with Crippen molar-refractivity contribution in [3.63, 3.8) is 0 Å². The van der Waals surface area contributed by atoms with Gasteiger partial charge in [-0.15, -0.1) is 0 Å². The summed E-state index contributed by atoms with van der Waals surface area (Å²) in [5, 5.41) is 3.19. The van der Waals surface area contributed by atoms with Crippen molar-refractivity contribution in [3.05, 3.63) is 22.6 Å². The molecule has 2 aliphatic carbocycles. The van der Waals surface area contributed by atoms with Crippen molar-refractivity contribution in [2.45, 2.75) is 25.7 Å². The Bertz CT molecular complexity index is 317. The van der Waals surface area contributed by atoms with Crippen LogP contribution in [0, 0.1) is 17.8 Å². The molecule has 0 radical (unpaired) electrons. The molecular weight excluding hydrogens is 178 g/mol. The smallest absolute Gasteiger partial charge is 0.222 e. The second-order valence-corrected chi connectivity index (χ2v) is 4.22. The first kappa shape index (κ1) is 9.28. The van der Waals surface area contributed by atoms with Gasteiger partial charge < -0.3 is 0 Å². The number of rotatable bonds is 1. The van der Waals surface area contributed by atoms with E-state index in [0.717, 1.165) is 19.3 Å². The molecule has 74 valence electrons. The number of azide groups is 1. The number of amides is 1. The van der Waals surface area contributed by atoms with Crippen LogP contribution in [0.3, 0.4) is 0 Å². The van der Waals surface area contributed by atoms with Gasteiger partial charge in [0, 0.05) is 10.8 Å². The van der Waals surface area contributed by atoms with Gasteiger partial charge >= 0.3 is 0 Å². The average molecular weight is 191 g/mol. The van der Waals surface area contributed by atoms with E-state index in [0.29, 0.717) is 11.8 Å². The Labute approximate surface area is 82.6 Å². The Morgan fingerprint density at radius 2 is 2.29 bits per heavy atom. The van der Waals surface area contributed by atoms with E-state index < -0.39 is 0 Å². The first-order valence-electron chi connectivity index (χ1n) is 5.05. The van der Waals surface area contributed by atoms with Gasteiger partial charge in [-0.2, -0.15) is 0 Å². The molecule has 2 bridgehead atoms. The first-order valence-corrected chi connectivity index (χ1v) is 5.05. The van der Waals surface area contributed by atoms with Crippen LogP contribution in [0.5, 0.6) is 0 Å². The van der Waals surface area contributed by atoms with Crippen molar-refractivity contribution in [1.29, 1.82) is 0 Å². The van der Waals surface area contributed by atoms with E-state index in [4.69, 9.17) is 5.53 Å². The predicted octanol–water partition coefficient (Wildman–Crippen LogP) is 2.82. The van der Waals surface area contributed by atoms with E-state index in [-0.39, 0.29) is 11.8 Å². The van der Waals surface area contributed by atoms with Gasteiger partial charge in [0.1, 0.15) is 0 Å². The van der Waals surface area contributed by atoms with Crippen LogP contribution in [-0.2, 0) is 4.79 Å². The van der Waals surface area contributed by atoms with Gasteiger partial charge in [-0.05, 0) is 48.2 Å². The Morgan fingerprint density at radius 1 is 1.43 bits per heavy atom. The number of fused-ring (bicyclic) bond motifs is 2. The SMILES string of the molecule is [N-]=[N+]=NC(=O)C1CC2C=CCC(C2)C1. The maximum atomic E-state index is 11.4. The fraction of sp³-hybridized carbons (Fsp3) is 0.700. The van der Waals surface area contributed by atoms with Gasteiger partial charge in [-0.25, -0.2) is 0 Å². The molecular formula is C10H13N3O. The summed E-state index contributed by atoms with van der Waals surface area (Å²) in [5.74, 6) is 0.865. The Kier molecular flexibility index (Phi) is 2.55. The van der Waals surface area contributed by atoms with Crippen LogP contribution < -0.4 is 0 Å². The van der Waals surface area contributed by atoms with Crippen LogP contribution in [0.4, 0.5) is 0 Å². The summed E-state index contributed by atoms with van der Waals surface area (Å²) in [5.41, 5.74) is 8.19. The highest BCUT2D eigenvalue weighted by atomic mass is 16.1. The third kappa shape index (κ3) is 1.80. The summed E-state index contributed by atoms with van der Waals surface area (Å²) >= 11 is 0. The predicted molar refractivity (Wildman–Crippen MR) is 52.2 cm³/mol. The molecule has 0 N–H and O–H groups in total. The molecule has 14 heavy (non-hydrogen) atoms. The minimum atomic E-state index is -0.266. The van der Waals surface area contributed by atoms with E-state index in [2.05, 4.69) is 22.2 Å². The molecule has 0 spiro atoms. The van der Waals surface area contributed by atoms with Gasteiger partial charge in [0.05, 0.1) is 0 Å². The molecule has 4 heteroatoms. The maximum Gasteiger partial charge on any atom is 0.222 e. The molecule has 0 saturated heterocycles. The third-order valence-corrected chi connectivity index (χ3v) is 3.21. The van der Waals surface area contributed by atoms with Crippen LogP contribution in [-0.4, -0.2) is 5.91 Å². The summed E-state index contributed by atoms with van der Waals surface area (Å²) in [7, 11) is 0. The monoisotopic (exact) mass is 191 g/mol. The van der Waals surface area contributed by atoms with Crippen LogP contribution >= 0.6 is 0 Å². The highest BCUT2D eigenvalue weighted by molar-refractivity contribution is 5.79. The summed E-state index contributed by atoms with van der Waals surface area (Å²) in [6.45, 7) is 0. The maximum absolute atomic E-state index is 11.4. The molecule has 3 atom stereocenters. The molecule has 2 aliphatic rings. The topological polar surface area (TPSA) is 65.8 Å². The number of hydrogen-bond acceptors (Lipinski definition) is 1. The molecule has 2 rings (SSSR count). The lowest BCUT2D eigenvalue weighted by Gasteiger charge is -2.34.